The minimum absolute atomic E-state index is 0.0459. The molecule has 2 saturated heterocycles. The van der Waals surface area contributed by atoms with Crippen LogP contribution >= 0.6 is 0 Å². The molecule has 1 N–H and O–H groups in total. The van der Waals surface area contributed by atoms with E-state index in [1.165, 1.54) is 0 Å². The molecule has 2 heterocycles. The highest BCUT2D eigenvalue weighted by Gasteiger charge is 2.61. The zero-order valence-corrected chi connectivity index (χ0v) is 25.3. The second-order valence-corrected chi connectivity index (χ2v) is 14.9. The van der Waals surface area contributed by atoms with Crippen LogP contribution in [-0.4, -0.2) is 100 Å². The lowest BCUT2D eigenvalue weighted by molar-refractivity contribution is -0.181. The normalized spacial score (nSPS) is 43.2. The molecular formula is C32H52F2O7. The zero-order chi connectivity index (χ0) is 28.9. The highest BCUT2D eigenvalue weighted by Crippen LogP contribution is 2.55. The van der Waals surface area contributed by atoms with E-state index < -0.39 is 22.9 Å². The van der Waals surface area contributed by atoms with Gasteiger partial charge >= 0.3 is 0 Å². The van der Waals surface area contributed by atoms with Crippen molar-refractivity contribution in [1.82, 2.24) is 0 Å². The van der Waals surface area contributed by atoms with Crippen molar-refractivity contribution in [2.24, 2.45) is 28.1 Å². The van der Waals surface area contributed by atoms with Crippen LogP contribution in [0, 0.1) is 28.1 Å². The van der Waals surface area contributed by atoms with E-state index in [1.807, 2.05) is 6.92 Å². The van der Waals surface area contributed by atoms with Crippen molar-refractivity contribution >= 4 is 0 Å². The zero-order valence-electron chi connectivity index (χ0n) is 25.3. The van der Waals surface area contributed by atoms with Gasteiger partial charge in [0, 0.05) is 29.1 Å². The van der Waals surface area contributed by atoms with Gasteiger partial charge in [0.2, 0.25) is 0 Å². The molecule has 0 aromatic rings. The molecule has 6 aliphatic rings. The van der Waals surface area contributed by atoms with E-state index in [9.17, 15) is 5.11 Å². The van der Waals surface area contributed by atoms with E-state index in [0.717, 1.165) is 26.1 Å². The molecule has 0 spiro atoms. The van der Waals surface area contributed by atoms with Crippen molar-refractivity contribution in [3.05, 3.63) is 0 Å². The minimum Gasteiger partial charge on any atom is -0.396 e. The Hall–Kier alpha value is -0.420. The number of ether oxygens (including phenoxy) is 6. The number of rotatable bonds is 16. The molecule has 6 fully saturated rings. The molecule has 6 rings (SSSR count). The lowest BCUT2D eigenvalue weighted by Gasteiger charge is -2.42. The highest BCUT2D eigenvalue weighted by molar-refractivity contribution is 5.10. The summed E-state index contributed by atoms with van der Waals surface area (Å²) in [5.41, 5.74) is -3.23. The third kappa shape index (κ3) is 5.64. The lowest BCUT2D eigenvalue weighted by atomic mass is 9.84. The summed E-state index contributed by atoms with van der Waals surface area (Å²) in [5, 5.41) is 10.4. The SMILES string of the molecule is CCC1(COC2CC3(F)CC2CC3OCC(CC)(CO)COC2CC3(F)CC2CC3OCC2(CC)COC2)COC1. The highest BCUT2D eigenvalue weighted by atomic mass is 19.1. The monoisotopic (exact) mass is 586 g/mol. The predicted molar refractivity (Wildman–Crippen MR) is 148 cm³/mol. The maximum atomic E-state index is 16.0. The molecule has 0 aromatic carbocycles. The van der Waals surface area contributed by atoms with Crippen molar-refractivity contribution in [3.8, 4) is 0 Å². The minimum atomic E-state index is -1.39. The number of alkyl halides is 2. The van der Waals surface area contributed by atoms with Crippen LogP contribution in [0.3, 0.4) is 0 Å². The molecule has 0 radical (unpaired) electrons. The van der Waals surface area contributed by atoms with Gasteiger partial charge in [-0.25, -0.2) is 8.78 Å². The number of halogens is 2. The summed E-state index contributed by atoms with van der Waals surface area (Å²) in [7, 11) is 0. The number of hydrogen-bond acceptors (Lipinski definition) is 7. The fraction of sp³-hybridized carbons (Fsp3) is 1.00. The predicted octanol–water partition coefficient (Wildman–Crippen LogP) is 4.81. The third-order valence-corrected chi connectivity index (χ3v) is 12.1. The van der Waals surface area contributed by atoms with Crippen molar-refractivity contribution < 1.29 is 42.3 Å². The van der Waals surface area contributed by atoms with Crippen LogP contribution in [0.25, 0.3) is 0 Å². The van der Waals surface area contributed by atoms with Crippen LogP contribution in [0.2, 0.25) is 0 Å². The second-order valence-electron chi connectivity index (χ2n) is 14.9. The molecule has 236 valence electrons. The van der Waals surface area contributed by atoms with Gasteiger partial charge in [0.05, 0.1) is 83.9 Å². The molecular weight excluding hydrogens is 534 g/mol. The quantitative estimate of drug-likeness (QED) is 0.278. The summed E-state index contributed by atoms with van der Waals surface area (Å²) in [6, 6.07) is 0. The largest absolute Gasteiger partial charge is 0.396 e. The van der Waals surface area contributed by atoms with Gasteiger partial charge in [-0.1, -0.05) is 20.8 Å². The molecule has 0 amide bonds. The van der Waals surface area contributed by atoms with E-state index >= 15 is 8.78 Å². The molecule has 0 aromatic heterocycles. The molecule has 9 heteroatoms. The second kappa shape index (κ2) is 11.5. The molecule has 9 atom stereocenters. The third-order valence-electron chi connectivity index (χ3n) is 12.1. The number of fused-ring (bicyclic) bond motifs is 4. The summed E-state index contributed by atoms with van der Waals surface area (Å²) in [6.45, 7) is 10.7. The Morgan fingerprint density at radius 3 is 1.61 bits per heavy atom. The first-order valence-electron chi connectivity index (χ1n) is 16.2. The fourth-order valence-electron chi connectivity index (χ4n) is 8.23. The van der Waals surface area contributed by atoms with E-state index in [-0.39, 0.29) is 60.8 Å². The van der Waals surface area contributed by atoms with Crippen LogP contribution in [0.5, 0.6) is 0 Å². The van der Waals surface area contributed by atoms with Gasteiger partial charge in [-0.3, -0.25) is 0 Å². The van der Waals surface area contributed by atoms with Crippen molar-refractivity contribution in [2.45, 2.75) is 114 Å². The van der Waals surface area contributed by atoms with E-state index in [2.05, 4.69) is 13.8 Å². The maximum absolute atomic E-state index is 16.0. The smallest absolute Gasteiger partial charge is 0.139 e. The van der Waals surface area contributed by atoms with Gasteiger partial charge in [0.1, 0.15) is 11.3 Å². The maximum Gasteiger partial charge on any atom is 0.139 e. The van der Waals surface area contributed by atoms with Crippen LogP contribution in [0.1, 0.15) is 78.6 Å². The number of hydrogen-bond donors (Lipinski definition) is 1. The Bertz CT molecular complexity index is 897. The topological polar surface area (TPSA) is 75.6 Å². The van der Waals surface area contributed by atoms with Gasteiger partial charge in [0.15, 0.2) is 0 Å². The Kier molecular flexibility index (Phi) is 8.58. The first kappa shape index (κ1) is 30.6. The Morgan fingerprint density at radius 1 is 0.707 bits per heavy atom. The van der Waals surface area contributed by atoms with E-state index in [1.54, 1.807) is 0 Å². The van der Waals surface area contributed by atoms with Gasteiger partial charge in [-0.05, 0) is 56.8 Å². The van der Waals surface area contributed by atoms with Crippen LogP contribution in [-0.2, 0) is 28.4 Å². The number of aliphatic hydroxyl groups is 1. The van der Waals surface area contributed by atoms with Crippen molar-refractivity contribution in [1.29, 1.82) is 0 Å². The van der Waals surface area contributed by atoms with Gasteiger partial charge < -0.3 is 33.5 Å². The van der Waals surface area contributed by atoms with Gasteiger partial charge in [0.25, 0.3) is 0 Å². The fourth-order valence-corrected chi connectivity index (χ4v) is 8.23. The Labute approximate surface area is 244 Å². The molecule has 2 aliphatic heterocycles. The molecule has 41 heavy (non-hydrogen) atoms. The van der Waals surface area contributed by atoms with Crippen molar-refractivity contribution in [3.63, 3.8) is 0 Å². The molecule has 4 bridgehead atoms. The van der Waals surface area contributed by atoms with Gasteiger partial charge in [-0.2, -0.15) is 0 Å². The summed E-state index contributed by atoms with van der Waals surface area (Å²) in [5.74, 6) is 0.277. The molecule has 4 aliphatic carbocycles. The Morgan fingerprint density at radius 2 is 1.20 bits per heavy atom. The van der Waals surface area contributed by atoms with Crippen molar-refractivity contribution in [2.75, 3.05) is 59.5 Å². The molecule has 9 unspecified atom stereocenters. The lowest BCUT2D eigenvalue weighted by Crippen LogP contribution is -2.49. The summed E-state index contributed by atoms with van der Waals surface area (Å²) in [4.78, 5) is 0. The molecule has 7 nitrogen and oxygen atoms in total. The summed E-state index contributed by atoms with van der Waals surface area (Å²) < 4.78 is 67.6. The first-order valence-corrected chi connectivity index (χ1v) is 16.2. The number of aliphatic hydroxyl groups excluding tert-OH is 1. The van der Waals surface area contributed by atoms with Crippen LogP contribution in [0.15, 0.2) is 0 Å². The Balaban J connectivity index is 0.964. The van der Waals surface area contributed by atoms with E-state index in [0.29, 0.717) is 71.4 Å². The summed E-state index contributed by atoms with van der Waals surface area (Å²) >= 11 is 0. The van der Waals surface area contributed by atoms with Crippen LogP contribution < -0.4 is 0 Å². The first-order chi connectivity index (χ1) is 19.6. The van der Waals surface area contributed by atoms with Gasteiger partial charge in [-0.15, -0.1) is 0 Å². The van der Waals surface area contributed by atoms with Crippen LogP contribution in [0.4, 0.5) is 8.78 Å². The van der Waals surface area contributed by atoms with E-state index in [4.69, 9.17) is 28.4 Å². The summed E-state index contributed by atoms with van der Waals surface area (Å²) in [6.07, 6.45) is 4.46. The standard InChI is InChI=1S/C32H52F2O7/c1-4-28(13-35,18-38-24-11-32(34)9-22(24)8-27(32)41-21-30(6-3)16-37-17-30)19-40-26-7-23-10-31(26,33)12-25(23)39-20-29(5-2)14-36-15-29/h22-27,35H,4-21H2,1-3H3. The average molecular weight is 587 g/mol. The average Bonchev–Trinajstić information content (AvgIpc) is 3.63. The molecule has 4 saturated carbocycles.